The number of hydrogen-bond acceptors (Lipinski definition) is 3. The van der Waals surface area contributed by atoms with Gasteiger partial charge in [-0.15, -0.1) is 0 Å². The first-order valence-electron chi connectivity index (χ1n) is 6.15. The van der Waals surface area contributed by atoms with E-state index in [0.717, 1.165) is 19.0 Å². The number of aromatic nitrogens is 2. The van der Waals surface area contributed by atoms with E-state index in [1.807, 2.05) is 10.8 Å². The van der Waals surface area contributed by atoms with Gasteiger partial charge < -0.3 is 15.2 Å². The molecule has 0 bridgehead atoms. The second-order valence-electron chi connectivity index (χ2n) is 4.41. The number of rotatable bonds is 7. The zero-order valence-corrected chi connectivity index (χ0v) is 10.9. The molecule has 0 saturated heterocycles. The van der Waals surface area contributed by atoms with E-state index in [9.17, 15) is 4.79 Å². The second kappa shape index (κ2) is 6.93. The number of anilines is 1. The topological polar surface area (TPSA) is 59.0 Å². The van der Waals surface area contributed by atoms with Gasteiger partial charge in [-0.1, -0.05) is 13.8 Å². The van der Waals surface area contributed by atoms with E-state index in [4.69, 9.17) is 0 Å². The van der Waals surface area contributed by atoms with Crippen LogP contribution in [0.15, 0.2) is 12.4 Å². The third-order valence-corrected chi connectivity index (χ3v) is 2.40. The van der Waals surface area contributed by atoms with Crippen molar-refractivity contribution in [3.8, 4) is 0 Å². The molecule has 0 fully saturated rings. The van der Waals surface area contributed by atoms with E-state index >= 15 is 0 Å². The van der Waals surface area contributed by atoms with E-state index in [1.54, 1.807) is 6.20 Å². The van der Waals surface area contributed by atoms with Gasteiger partial charge in [0, 0.05) is 38.4 Å². The van der Waals surface area contributed by atoms with Gasteiger partial charge in [-0.2, -0.15) is 0 Å². The molecule has 1 amide bonds. The van der Waals surface area contributed by atoms with Gasteiger partial charge in [0.25, 0.3) is 0 Å². The van der Waals surface area contributed by atoms with Gasteiger partial charge in [0.2, 0.25) is 11.9 Å². The minimum absolute atomic E-state index is 0.0841. The molecule has 17 heavy (non-hydrogen) atoms. The normalized spacial score (nSPS) is 10.6. The molecule has 0 aliphatic carbocycles. The average Bonchev–Trinajstić information content (AvgIpc) is 2.74. The van der Waals surface area contributed by atoms with Crippen molar-refractivity contribution in [2.24, 2.45) is 5.92 Å². The summed E-state index contributed by atoms with van der Waals surface area (Å²) in [4.78, 5) is 15.6. The monoisotopic (exact) mass is 238 g/mol. The van der Waals surface area contributed by atoms with E-state index in [1.165, 1.54) is 0 Å². The van der Waals surface area contributed by atoms with Crippen LogP contribution < -0.4 is 10.6 Å². The van der Waals surface area contributed by atoms with Gasteiger partial charge in [-0.25, -0.2) is 4.98 Å². The maximum atomic E-state index is 11.5. The van der Waals surface area contributed by atoms with Gasteiger partial charge in [-0.3, -0.25) is 4.79 Å². The van der Waals surface area contributed by atoms with Crippen molar-refractivity contribution in [2.75, 3.05) is 18.4 Å². The lowest BCUT2D eigenvalue weighted by atomic mass is 10.2. The van der Waals surface area contributed by atoms with Crippen molar-refractivity contribution < 1.29 is 4.79 Å². The number of nitrogens with one attached hydrogen (secondary N) is 2. The molecule has 0 spiro atoms. The van der Waals surface area contributed by atoms with Crippen molar-refractivity contribution in [2.45, 2.75) is 33.7 Å². The van der Waals surface area contributed by atoms with Crippen LogP contribution in [0.1, 0.15) is 27.2 Å². The highest BCUT2D eigenvalue weighted by Gasteiger charge is 2.03. The van der Waals surface area contributed by atoms with Crippen LogP contribution in [0.3, 0.4) is 0 Å². The minimum Gasteiger partial charge on any atom is -0.356 e. The van der Waals surface area contributed by atoms with Crippen molar-refractivity contribution in [1.82, 2.24) is 14.9 Å². The molecule has 1 aromatic rings. The number of amides is 1. The Labute approximate surface area is 103 Å². The molecule has 0 unspecified atom stereocenters. The van der Waals surface area contributed by atoms with Gasteiger partial charge in [-0.05, 0) is 12.8 Å². The molecule has 1 aromatic heterocycles. The third kappa shape index (κ3) is 4.89. The average molecular weight is 238 g/mol. The van der Waals surface area contributed by atoms with E-state index in [0.29, 0.717) is 18.9 Å². The van der Waals surface area contributed by atoms with Crippen LogP contribution in [-0.4, -0.2) is 28.5 Å². The quantitative estimate of drug-likeness (QED) is 0.756. The van der Waals surface area contributed by atoms with Crippen LogP contribution >= 0.6 is 0 Å². The lowest BCUT2D eigenvalue weighted by Crippen LogP contribution is -2.28. The molecule has 0 saturated carbocycles. The molecule has 5 nitrogen and oxygen atoms in total. The highest BCUT2D eigenvalue weighted by atomic mass is 16.1. The van der Waals surface area contributed by atoms with Gasteiger partial charge in [0.15, 0.2) is 0 Å². The summed E-state index contributed by atoms with van der Waals surface area (Å²) in [5, 5.41) is 6.04. The third-order valence-electron chi connectivity index (χ3n) is 2.40. The molecular weight excluding hydrogens is 216 g/mol. The summed E-state index contributed by atoms with van der Waals surface area (Å²) >= 11 is 0. The van der Waals surface area contributed by atoms with E-state index in [-0.39, 0.29) is 5.91 Å². The fraction of sp³-hybridized carbons (Fsp3) is 0.667. The highest BCUT2D eigenvalue weighted by Crippen LogP contribution is 2.03. The Kier molecular flexibility index (Phi) is 5.52. The Morgan fingerprint density at radius 3 is 2.94 bits per heavy atom. The van der Waals surface area contributed by atoms with Crippen molar-refractivity contribution in [1.29, 1.82) is 0 Å². The predicted molar refractivity (Wildman–Crippen MR) is 68.9 cm³/mol. The molecule has 0 aliphatic rings. The van der Waals surface area contributed by atoms with Gasteiger partial charge >= 0.3 is 0 Å². The summed E-state index contributed by atoms with van der Waals surface area (Å²) in [6.45, 7) is 8.45. The first-order chi connectivity index (χ1) is 8.13. The predicted octanol–water partition coefficient (Wildman–Crippen LogP) is 1.48. The molecule has 1 heterocycles. The Balaban J connectivity index is 2.21. The van der Waals surface area contributed by atoms with Crippen molar-refractivity contribution in [3.05, 3.63) is 12.4 Å². The van der Waals surface area contributed by atoms with Crippen LogP contribution in [0.5, 0.6) is 0 Å². The molecule has 0 atom stereocenters. The highest BCUT2D eigenvalue weighted by molar-refractivity contribution is 5.76. The Hall–Kier alpha value is -1.52. The molecule has 2 N–H and O–H groups in total. The summed E-state index contributed by atoms with van der Waals surface area (Å²) in [6.07, 6.45) is 4.15. The number of carbonyl (C=O) groups excluding carboxylic acids is 1. The summed E-state index contributed by atoms with van der Waals surface area (Å²) in [5.74, 6) is 1.40. The number of hydrogen-bond donors (Lipinski definition) is 2. The SMILES string of the molecule is CCn1ccnc1NCCC(=O)NCC(C)C. The Morgan fingerprint density at radius 1 is 1.53 bits per heavy atom. The first-order valence-corrected chi connectivity index (χ1v) is 6.15. The van der Waals surface area contributed by atoms with Crippen molar-refractivity contribution in [3.63, 3.8) is 0 Å². The molecular formula is C12H22N4O. The smallest absolute Gasteiger partial charge is 0.221 e. The largest absolute Gasteiger partial charge is 0.356 e. The standard InChI is InChI=1S/C12H22N4O/c1-4-16-8-7-14-12(16)13-6-5-11(17)15-9-10(2)3/h7-8,10H,4-6,9H2,1-3H3,(H,13,14)(H,15,17). The molecule has 5 heteroatoms. The zero-order valence-electron chi connectivity index (χ0n) is 10.9. The van der Waals surface area contributed by atoms with Crippen LogP contribution in [0, 0.1) is 5.92 Å². The molecule has 0 aliphatic heterocycles. The molecule has 1 rings (SSSR count). The lowest BCUT2D eigenvalue weighted by Gasteiger charge is -2.09. The van der Waals surface area contributed by atoms with E-state index < -0.39 is 0 Å². The Morgan fingerprint density at radius 2 is 2.29 bits per heavy atom. The van der Waals surface area contributed by atoms with Crippen LogP contribution in [-0.2, 0) is 11.3 Å². The summed E-state index contributed by atoms with van der Waals surface area (Å²) in [6, 6.07) is 0. The summed E-state index contributed by atoms with van der Waals surface area (Å²) < 4.78 is 2.01. The van der Waals surface area contributed by atoms with E-state index in [2.05, 4.69) is 36.4 Å². The number of imidazole rings is 1. The first kappa shape index (κ1) is 13.5. The fourth-order valence-electron chi connectivity index (χ4n) is 1.43. The fourth-order valence-corrected chi connectivity index (χ4v) is 1.43. The Bertz CT molecular complexity index is 346. The van der Waals surface area contributed by atoms with Gasteiger partial charge in [0.1, 0.15) is 0 Å². The lowest BCUT2D eigenvalue weighted by molar-refractivity contribution is -0.120. The van der Waals surface area contributed by atoms with Crippen LogP contribution in [0.4, 0.5) is 5.95 Å². The summed E-state index contributed by atoms with van der Waals surface area (Å²) in [5.41, 5.74) is 0. The van der Waals surface area contributed by atoms with Gasteiger partial charge in [0.05, 0.1) is 0 Å². The zero-order chi connectivity index (χ0) is 12.7. The minimum atomic E-state index is 0.0841. The maximum Gasteiger partial charge on any atom is 0.221 e. The van der Waals surface area contributed by atoms with Crippen molar-refractivity contribution >= 4 is 11.9 Å². The summed E-state index contributed by atoms with van der Waals surface area (Å²) in [7, 11) is 0. The molecule has 96 valence electrons. The molecule has 0 radical (unpaired) electrons. The number of aryl methyl sites for hydroxylation is 1. The van der Waals surface area contributed by atoms with Crippen LogP contribution in [0.2, 0.25) is 0 Å². The molecule has 0 aromatic carbocycles. The second-order valence-corrected chi connectivity index (χ2v) is 4.41. The number of carbonyl (C=O) groups is 1. The number of nitrogens with zero attached hydrogens (tertiary/aromatic N) is 2. The maximum absolute atomic E-state index is 11.5. The van der Waals surface area contributed by atoms with Crippen LogP contribution in [0.25, 0.3) is 0 Å².